The Hall–Kier alpha value is -5.09. The van der Waals surface area contributed by atoms with Crippen molar-refractivity contribution in [2.24, 2.45) is 4.99 Å². The van der Waals surface area contributed by atoms with Crippen molar-refractivity contribution in [2.45, 2.75) is 39.5 Å². The summed E-state index contributed by atoms with van der Waals surface area (Å²) in [5.74, 6) is 6.48. The van der Waals surface area contributed by atoms with Gasteiger partial charge in [-0.05, 0) is 78.6 Å². The molecular weight excluding hydrogens is 617 g/mol. The van der Waals surface area contributed by atoms with Crippen LogP contribution in [0.3, 0.4) is 0 Å². The smallest absolute Gasteiger partial charge is 0.406 e. The first-order chi connectivity index (χ1) is 22.0. The first kappa shape index (κ1) is 32.3. The van der Waals surface area contributed by atoms with Crippen LogP contribution in [0.15, 0.2) is 78.0 Å². The number of amidine groups is 1. The van der Waals surface area contributed by atoms with Crippen LogP contribution in [0, 0.1) is 18.8 Å². The van der Waals surface area contributed by atoms with E-state index in [0.717, 1.165) is 27.9 Å². The van der Waals surface area contributed by atoms with Crippen LogP contribution in [0.5, 0.6) is 5.75 Å². The molecule has 1 fully saturated rings. The number of hydrogen-bond donors (Lipinski definition) is 1. The summed E-state index contributed by atoms with van der Waals surface area (Å²) >= 11 is 1.24. The van der Waals surface area contributed by atoms with Crippen LogP contribution in [0.25, 0.3) is 17.1 Å². The second-order valence-electron chi connectivity index (χ2n) is 10.5. The average Bonchev–Trinajstić information content (AvgIpc) is 3.64. The van der Waals surface area contributed by atoms with Gasteiger partial charge in [-0.2, -0.15) is 4.99 Å². The molecule has 2 heterocycles. The second kappa shape index (κ2) is 13.9. The molecule has 4 aromatic rings. The summed E-state index contributed by atoms with van der Waals surface area (Å²) in [7, 11) is 0. The van der Waals surface area contributed by atoms with Gasteiger partial charge in [0.15, 0.2) is 11.0 Å². The molecule has 0 aliphatic carbocycles. The number of amides is 3. The minimum atomic E-state index is -4.76. The molecular formula is C33H29F3N6O3S. The predicted molar refractivity (Wildman–Crippen MR) is 171 cm³/mol. The molecule has 1 N–H and O–H groups in total. The number of aryl methyl sites for hydroxylation is 1. The van der Waals surface area contributed by atoms with Crippen LogP contribution in [-0.2, 0) is 4.79 Å². The number of aromatic nitrogens is 3. The maximum Gasteiger partial charge on any atom is 0.573 e. The first-order valence-corrected chi connectivity index (χ1v) is 15.3. The predicted octanol–water partition coefficient (Wildman–Crippen LogP) is 6.85. The van der Waals surface area contributed by atoms with Crippen LogP contribution in [0.1, 0.15) is 42.9 Å². The number of alkyl halides is 3. The lowest BCUT2D eigenvalue weighted by atomic mass is 9.99. The van der Waals surface area contributed by atoms with Crippen molar-refractivity contribution >= 4 is 34.6 Å². The summed E-state index contributed by atoms with van der Waals surface area (Å²) < 4.78 is 42.5. The standard InChI is InChI=1S/C33H29F3N6O3S/c1-21(2)27-16-7-22(3)18-28(27)42-29(43)19-46-32(42)39-31(44)37-17-5-4-6-23-8-10-24(11-9-23)30-38-20-41(40-30)25-12-14-26(15-13-25)45-33(34,35)36/h7-16,18,20-21H,5,17,19H2,1-3H3,(H,37,44). The van der Waals surface area contributed by atoms with E-state index in [1.165, 1.54) is 51.9 Å². The van der Waals surface area contributed by atoms with Crippen LogP contribution in [0.2, 0.25) is 0 Å². The van der Waals surface area contributed by atoms with E-state index in [-0.39, 0.29) is 29.9 Å². The minimum Gasteiger partial charge on any atom is -0.406 e. The Balaban J connectivity index is 1.14. The lowest BCUT2D eigenvalue weighted by molar-refractivity contribution is -0.274. The van der Waals surface area contributed by atoms with E-state index in [0.29, 0.717) is 23.1 Å². The van der Waals surface area contributed by atoms with Crippen molar-refractivity contribution < 1.29 is 27.5 Å². The molecule has 0 radical (unpaired) electrons. The third kappa shape index (κ3) is 8.13. The van der Waals surface area contributed by atoms with E-state index in [2.05, 4.69) is 50.8 Å². The molecule has 3 amide bonds. The van der Waals surface area contributed by atoms with Crippen molar-refractivity contribution in [3.05, 3.63) is 89.7 Å². The third-order valence-electron chi connectivity index (χ3n) is 6.74. The summed E-state index contributed by atoms with van der Waals surface area (Å²) in [6.45, 7) is 6.36. The number of thioether (sulfide) groups is 1. The number of halogens is 3. The van der Waals surface area contributed by atoms with Gasteiger partial charge in [0.1, 0.15) is 12.1 Å². The van der Waals surface area contributed by atoms with Gasteiger partial charge in [-0.1, -0.05) is 49.6 Å². The van der Waals surface area contributed by atoms with Gasteiger partial charge in [0.05, 0.1) is 17.1 Å². The molecule has 0 spiro atoms. The van der Waals surface area contributed by atoms with Crippen molar-refractivity contribution in [3.63, 3.8) is 0 Å². The summed E-state index contributed by atoms with van der Waals surface area (Å²) in [4.78, 5) is 35.3. The summed E-state index contributed by atoms with van der Waals surface area (Å²) in [5, 5.41) is 7.49. The fourth-order valence-electron chi connectivity index (χ4n) is 4.56. The monoisotopic (exact) mass is 646 g/mol. The maximum absolute atomic E-state index is 12.7. The molecule has 0 unspecified atom stereocenters. The number of ether oxygens (including phenoxy) is 1. The Labute approximate surface area is 267 Å². The lowest BCUT2D eigenvalue weighted by Gasteiger charge is -2.22. The highest BCUT2D eigenvalue weighted by Gasteiger charge is 2.33. The quantitative estimate of drug-likeness (QED) is 0.174. The maximum atomic E-state index is 12.7. The molecule has 9 nitrogen and oxygen atoms in total. The Morgan fingerprint density at radius 3 is 2.54 bits per heavy atom. The average molecular weight is 647 g/mol. The molecule has 0 bridgehead atoms. The highest BCUT2D eigenvalue weighted by atomic mass is 32.2. The fraction of sp³-hybridized carbons (Fsp3) is 0.242. The number of nitrogens with zero attached hydrogens (tertiary/aromatic N) is 5. The van der Waals surface area contributed by atoms with E-state index < -0.39 is 12.4 Å². The molecule has 0 atom stereocenters. The van der Waals surface area contributed by atoms with Gasteiger partial charge in [-0.15, -0.1) is 18.3 Å². The number of carbonyl (C=O) groups excluding carboxylic acids is 2. The molecule has 3 aromatic carbocycles. The van der Waals surface area contributed by atoms with E-state index >= 15 is 0 Å². The molecule has 5 rings (SSSR count). The Morgan fingerprint density at radius 1 is 1.11 bits per heavy atom. The zero-order chi connectivity index (χ0) is 32.8. The van der Waals surface area contributed by atoms with E-state index in [9.17, 15) is 22.8 Å². The van der Waals surface area contributed by atoms with Crippen LogP contribution in [0.4, 0.5) is 23.7 Å². The number of nitrogens with one attached hydrogen (secondary N) is 1. The van der Waals surface area contributed by atoms with Crippen molar-refractivity contribution in [1.29, 1.82) is 0 Å². The minimum absolute atomic E-state index is 0.113. The number of urea groups is 1. The van der Waals surface area contributed by atoms with E-state index in [4.69, 9.17) is 0 Å². The van der Waals surface area contributed by atoms with Gasteiger partial charge in [0.2, 0.25) is 5.91 Å². The number of carbonyl (C=O) groups is 2. The normalized spacial score (nSPS) is 14.0. The first-order valence-electron chi connectivity index (χ1n) is 14.3. The second-order valence-corrected chi connectivity index (χ2v) is 11.5. The van der Waals surface area contributed by atoms with E-state index in [1.54, 1.807) is 0 Å². The van der Waals surface area contributed by atoms with Gasteiger partial charge < -0.3 is 10.1 Å². The van der Waals surface area contributed by atoms with Crippen molar-refractivity contribution in [3.8, 4) is 34.7 Å². The summed E-state index contributed by atoms with van der Waals surface area (Å²) in [5.41, 5.74) is 4.79. The third-order valence-corrected chi connectivity index (χ3v) is 7.66. The van der Waals surface area contributed by atoms with E-state index in [1.807, 2.05) is 49.4 Å². The number of benzene rings is 3. The Kier molecular flexibility index (Phi) is 9.77. The Morgan fingerprint density at radius 2 is 1.85 bits per heavy atom. The largest absolute Gasteiger partial charge is 0.573 e. The molecule has 1 aromatic heterocycles. The van der Waals surface area contributed by atoms with Crippen LogP contribution >= 0.6 is 11.8 Å². The molecule has 0 saturated carbocycles. The fourth-order valence-corrected chi connectivity index (χ4v) is 5.42. The SMILES string of the molecule is Cc1ccc(C(C)C)c(N2C(=O)CSC2=NC(=O)NCCC#Cc2ccc(-c3ncn(-c4ccc(OC(F)(F)F)cc4)n3)cc2)c1. The molecule has 1 aliphatic heterocycles. The molecule has 1 aliphatic rings. The number of hydrogen-bond acceptors (Lipinski definition) is 6. The zero-order valence-electron chi connectivity index (χ0n) is 25.1. The molecule has 1 saturated heterocycles. The highest BCUT2D eigenvalue weighted by Crippen LogP contribution is 2.34. The van der Waals surface area contributed by atoms with Gasteiger partial charge >= 0.3 is 12.4 Å². The molecule has 46 heavy (non-hydrogen) atoms. The topological polar surface area (TPSA) is 102 Å². The van der Waals surface area contributed by atoms with Gasteiger partial charge in [0.25, 0.3) is 0 Å². The number of rotatable bonds is 7. The zero-order valence-corrected chi connectivity index (χ0v) is 25.9. The van der Waals surface area contributed by atoms with Crippen LogP contribution < -0.4 is 15.0 Å². The van der Waals surface area contributed by atoms with Crippen molar-refractivity contribution in [2.75, 3.05) is 17.2 Å². The molecule has 13 heteroatoms. The van der Waals surface area contributed by atoms with Crippen LogP contribution in [-0.4, -0.2) is 50.5 Å². The summed E-state index contributed by atoms with van der Waals surface area (Å²) in [6.07, 6.45) is -2.90. The van der Waals surface area contributed by atoms with Crippen molar-refractivity contribution in [1.82, 2.24) is 20.1 Å². The summed E-state index contributed by atoms with van der Waals surface area (Å²) in [6, 6.07) is 18.0. The highest BCUT2D eigenvalue weighted by molar-refractivity contribution is 8.15. The van der Waals surface area contributed by atoms with Gasteiger partial charge in [-0.25, -0.2) is 14.5 Å². The Bertz CT molecular complexity index is 1820. The van der Waals surface area contributed by atoms with Gasteiger partial charge in [-0.3, -0.25) is 9.69 Å². The lowest BCUT2D eigenvalue weighted by Crippen LogP contribution is -2.32. The van der Waals surface area contributed by atoms with Gasteiger partial charge in [0, 0.05) is 24.1 Å². The number of anilines is 1. The number of aliphatic imine (C=N–C) groups is 1. The molecule has 236 valence electrons.